The lowest BCUT2D eigenvalue weighted by Crippen LogP contribution is -2.29. The van der Waals surface area contributed by atoms with E-state index in [-0.39, 0.29) is 11.7 Å². The van der Waals surface area contributed by atoms with Crippen molar-refractivity contribution >= 4 is 29.3 Å². The lowest BCUT2D eigenvalue weighted by Gasteiger charge is -2.07. The molecule has 0 saturated heterocycles. The summed E-state index contributed by atoms with van der Waals surface area (Å²) in [5.41, 5.74) is 0. The van der Waals surface area contributed by atoms with Crippen LogP contribution in [0.15, 0.2) is 29.4 Å². The lowest BCUT2D eigenvalue weighted by atomic mass is 10.3. The molecule has 1 fully saturated rings. The molecule has 1 aromatic heterocycles. The van der Waals surface area contributed by atoms with Crippen molar-refractivity contribution in [2.45, 2.75) is 24.0 Å². The first-order valence-electron chi connectivity index (χ1n) is 7.28. The van der Waals surface area contributed by atoms with Crippen molar-refractivity contribution in [2.75, 3.05) is 18.9 Å². The summed E-state index contributed by atoms with van der Waals surface area (Å²) in [5, 5.41) is 15.7. The summed E-state index contributed by atoms with van der Waals surface area (Å²) in [6.45, 7) is 0.841. The van der Waals surface area contributed by atoms with Crippen molar-refractivity contribution in [1.82, 2.24) is 25.5 Å². The minimum Gasteiger partial charge on any atom is -0.492 e. The fourth-order valence-electron chi connectivity index (χ4n) is 1.90. The summed E-state index contributed by atoms with van der Waals surface area (Å²) in [6.07, 6.45) is 2.21. The topological polar surface area (TPSA) is 81.9 Å². The van der Waals surface area contributed by atoms with Crippen LogP contribution in [0.2, 0.25) is 5.02 Å². The maximum Gasteiger partial charge on any atom is 0.230 e. The zero-order valence-electron chi connectivity index (χ0n) is 12.3. The standard InChI is InChI=1S/C14H16ClN5O2S/c15-10-1-5-12(6-2-10)22-8-7-16-13(21)9-23-14-17-18-19-20(14)11-3-4-11/h1-2,5-6,11H,3-4,7-9H2,(H,16,21). The van der Waals surface area contributed by atoms with Crippen LogP contribution in [0.25, 0.3) is 0 Å². The maximum atomic E-state index is 11.8. The van der Waals surface area contributed by atoms with Crippen LogP contribution in [-0.2, 0) is 4.79 Å². The van der Waals surface area contributed by atoms with E-state index < -0.39 is 0 Å². The molecule has 1 N–H and O–H groups in total. The number of aromatic nitrogens is 4. The van der Waals surface area contributed by atoms with Crippen LogP contribution in [-0.4, -0.2) is 45.0 Å². The minimum atomic E-state index is -0.0694. The van der Waals surface area contributed by atoms with Gasteiger partial charge in [-0.3, -0.25) is 4.79 Å². The summed E-state index contributed by atoms with van der Waals surface area (Å²) in [6, 6.07) is 7.50. The average molecular weight is 354 g/mol. The third-order valence-corrected chi connectivity index (χ3v) is 4.38. The Kier molecular flexibility index (Phi) is 5.35. The zero-order chi connectivity index (χ0) is 16.1. The van der Waals surface area contributed by atoms with Crippen LogP contribution in [0, 0.1) is 0 Å². The van der Waals surface area contributed by atoms with Gasteiger partial charge in [0.25, 0.3) is 0 Å². The molecule has 0 radical (unpaired) electrons. The lowest BCUT2D eigenvalue weighted by molar-refractivity contribution is -0.118. The molecule has 1 heterocycles. The SMILES string of the molecule is O=C(CSc1nnnn1C1CC1)NCCOc1ccc(Cl)cc1. The van der Waals surface area contributed by atoms with Gasteiger partial charge >= 0.3 is 0 Å². The predicted molar refractivity (Wildman–Crippen MR) is 86.8 cm³/mol. The number of halogens is 1. The molecular formula is C14H16ClN5O2S. The van der Waals surface area contributed by atoms with Gasteiger partial charge in [0.15, 0.2) is 0 Å². The number of tetrazole rings is 1. The number of ether oxygens (including phenoxy) is 1. The Morgan fingerprint density at radius 2 is 2.17 bits per heavy atom. The second kappa shape index (κ2) is 7.65. The summed E-state index contributed by atoms with van der Waals surface area (Å²) in [4.78, 5) is 11.8. The Hall–Kier alpha value is -1.80. The molecule has 0 atom stereocenters. The van der Waals surface area contributed by atoms with E-state index in [9.17, 15) is 4.79 Å². The molecule has 0 bridgehead atoms. The highest BCUT2D eigenvalue weighted by molar-refractivity contribution is 7.99. The molecule has 1 aliphatic rings. The van der Waals surface area contributed by atoms with Crippen molar-refractivity contribution < 1.29 is 9.53 Å². The number of benzene rings is 1. The van der Waals surface area contributed by atoms with Gasteiger partial charge in [-0.1, -0.05) is 23.4 Å². The minimum absolute atomic E-state index is 0.0694. The smallest absolute Gasteiger partial charge is 0.230 e. The van der Waals surface area contributed by atoms with Crippen LogP contribution in [0.5, 0.6) is 5.75 Å². The Morgan fingerprint density at radius 3 is 2.91 bits per heavy atom. The molecule has 3 rings (SSSR count). The normalized spacial score (nSPS) is 13.8. The molecule has 0 unspecified atom stereocenters. The molecule has 0 aliphatic heterocycles. The molecule has 0 spiro atoms. The molecule has 23 heavy (non-hydrogen) atoms. The van der Waals surface area contributed by atoms with Crippen LogP contribution in [0.4, 0.5) is 0 Å². The van der Waals surface area contributed by atoms with Crippen molar-refractivity contribution in [3.8, 4) is 5.75 Å². The molecule has 9 heteroatoms. The van der Waals surface area contributed by atoms with Gasteiger partial charge in [-0.15, -0.1) is 5.10 Å². The summed E-state index contributed by atoms with van der Waals surface area (Å²) in [7, 11) is 0. The quantitative estimate of drug-likeness (QED) is 0.577. The van der Waals surface area contributed by atoms with Gasteiger partial charge < -0.3 is 10.1 Å². The van der Waals surface area contributed by atoms with Gasteiger partial charge in [0, 0.05) is 5.02 Å². The average Bonchev–Trinajstić information content (AvgIpc) is 3.29. The Balaban J connectivity index is 1.33. The van der Waals surface area contributed by atoms with E-state index in [4.69, 9.17) is 16.3 Å². The van der Waals surface area contributed by atoms with Crippen molar-refractivity contribution in [3.05, 3.63) is 29.3 Å². The van der Waals surface area contributed by atoms with Crippen LogP contribution >= 0.6 is 23.4 Å². The van der Waals surface area contributed by atoms with Crippen molar-refractivity contribution in [2.24, 2.45) is 0 Å². The molecular weight excluding hydrogens is 338 g/mol. The monoisotopic (exact) mass is 353 g/mol. The van der Waals surface area contributed by atoms with Crippen LogP contribution < -0.4 is 10.1 Å². The van der Waals surface area contributed by atoms with Crippen LogP contribution in [0.3, 0.4) is 0 Å². The van der Waals surface area contributed by atoms with Gasteiger partial charge in [-0.25, -0.2) is 4.68 Å². The number of carbonyl (C=O) groups excluding carboxylic acids is 1. The van der Waals surface area contributed by atoms with E-state index in [2.05, 4.69) is 20.8 Å². The highest BCUT2D eigenvalue weighted by Crippen LogP contribution is 2.36. The van der Waals surface area contributed by atoms with Gasteiger partial charge in [-0.05, 0) is 47.5 Å². The predicted octanol–water partition coefficient (Wildman–Crippen LogP) is 1.95. The highest BCUT2D eigenvalue weighted by atomic mass is 35.5. The third kappa shape index (κ3) is 4.84. The van der Waals surface area contributed by atoms with Gasteiger partial charge in [-0.2, -0.15) is 0 Å². The van der Waals surface area contributed by atoms with Gasteiger partial charge in [0.2, 0.25) is 11.1 Å². The molecule has 122 valence electrons. The fourth-order valence-corrected chi connectivity index (χ4v) is 2.80. The molecule has 7 nitrogen and oxygen atoms in total. The number of carbonyl (C=O) groups is 1. The Bertz CT molecular complexity index is 659. The van der Waals surface area contributed by atoms with Gasteiger partial charge in [0.1, 0.15) is 12.4 Å². The van der Waals surface area contributed by atoms with E-state index in [0.29, 0.717) is 29.4 Å². The molecule has 1 amide bonds. The third-order valence-electron chi connectivity index (χ3n) is 3.19. The molecule has 1 aliphatic carbocycles. The van der Waals surface area contributed by atoms with Gasteiger partial charge in [0.05, 0.1) is 18.3 Å². The number of nitrogens with zero attached hydrogens (tertiary/aromatic N) is 4. The maximum absolute atomic E-state index is 11.8. The highest BCUT2D eigenvalue weighted by Gasteiger charge is 2.28. The second-order valence-corrected chi connectivity index (χ2v) is 6.46. The number of hydrogen-bond donors (Lipinski definition) is 1. The number of thioether (sulfide) groups is 1. The molecule has 2 aromatic rings. The Labute approximate surface area is 142 Å². The van der Waals surface area contributed by atoms with E-state index in [0.717, 1.165) is 18.6 Å². The first-order chi connectivity index (χ1) is 11.2. The summed E-state index contributed by atoms with van der Waals surface area (Å²) >= 11 is 7.14. The van der Waals surface area contributed by atoms with Crippen LogP contribution in [0.1, 0.15) is 18.9 Å². The molecule has 1 saturated carbocycles. The second-order valence-electron chi connectivity index (χ2n) is 5.08. The number of rotatable bonds is 8. The number of hydrogen-bond acceptors (Lipinski definition) is 6. The van der Waals surface area contributed by atoms with Crippen molar-refractivity contribution in [1.29, 1.82) is 0 Å². The van der Waals surface area contributed by atoms with E-state index in [1.165, 1.54) is 11.8 Å². The number of nitrogens with one attached hydrogen (secondary N) is 1. The number of amides is 1. The summed E-state index contributed by atoms with van der Waals surface area (Å²) < 4.78 is 7.30. The van der Waals surface area contributed by atoms with E-state index in [1.807, 2.05) is 0 Å². The van der Waals surface area contributed by atoms with E-state index >= 15 is 0 Å². The molecule has 1 aromatic carbocycles. The first-order valence-corrected chi connectivity index (χ1v) is 8.64. The Morgan fingerprint density at radius 1 is 1.39 bits per heavy atom. The van der Waals surface area contributed by atoms with E-state index in [1.54, 1.807) is 28.9 Å². The first kappa shape index (κ1) is 16.1. The zero-order valence-corrected chi connectivity index (χ0v) is 13.9. The largest absolute Gasteiger partial charge is 0.492 e. The summed E-state index contributed by atoms with van der Waals surface area (Å²) in [5.74, 6) is 0.940. The fraction of sp³-hybridized carbons (Fsp3) is 0.429. The van der Waals surface area contributed by atoms with Crippen molar-refractivity contribution in [3.63, 3.8) is 0 Å².